The van der Waals surface area contributed by atoms with Gasteiger partial charge in [0.05, 0.1) is 6.04 Å². The summed E-state index contributed by atoms with van der Waals surface area (Å²) in [4.78, 5) is 36.3. The van der Waals surface area contributed by atoms with Gasteiger partial charge in [-0.25, -0.2) is 0 Å². The smallest absolute Gasteiger partial charge is 0.255 e. The Kier molecular flexibility index (Phi) is 7.51. The molecule has 0 aromatic heterocycles. The molecule has 3 aromatic rings. The largest absolute Gasteiger partial charge is 0.346 e. The summed E-state index contributed by atoms with van der Waals surface area (Å²) in [6.45, 7) is 3.30. The molecular weight excluding hydrogens is 449 g/mol. The maximum absolute atomic E-state index is 12.6. The second kappa shape index (κ2) is 10.3. The average molecular weight is 470 g/mol. The van der Waals surface area contributed by atoms with E-state index in [1.54, 1.807) is 36.4 Å². The molecule has 8 heteroatoms. The topological polar surface area (TPSA) is 87.3 Å². The van der Waals surface area contributed by atoms with E-state index < -0.39 is 0 Å². The Hall–Kier alpha value is -3.35. The van der Waals surface area contributed by atoms with Crippen molar-refractivity contribution < 1.29 is 14.4 Å². The minimum atomic E-state index is -0.362. The maximum atomic E-state index is 12.6. The van der Waals surface area contributed by atoms with Crippen molar-refractivity contribution in [2.45, 2.75) is 19.9 Å². The van der Waals surface area contributed by atoms with E-state index in [0.29, 0.717) is 32.5 Å². The molecule has 3 rings (SSSR count). The van der Waals surface area contributed by atoms with Gasteiger partial charge in [0, 0.05) is 39.5 Å². The summed E-state index contributed by atoms with van der Waals surface area (Å²) in [5.74, 6) is -0.786. The Labute approximate surface area is 195 Å². The molecule has 1 atom stereocenters. The van der Waals surface area contributed by atoms with E-state index in [0.717, 1.165) is 5.56 Å². The Morgan fingerprint density at radius 1 is 0.750 bits per heavy atom. The number of hydrogen-bond donors (Lipinski definition) is 3. The summed E-state index contributed by atoms with van der Waals surface area (Å²) in [6, 6.07) is 18.1. The van der Waals surface area contributed by atoms with Gasteiger partial charge in [0.1, 0.15) is 0 Å². The third-order valence-electron chi connectivity index (χ3n) is 4.58. The molecule has 0 aliphatic rings. The van der Waals surface area contributed by atoms with Crippen molar-refractivity contribution in [3.63, 3.8) is 0 Å². The van der Waals surface area contributed by atoms with E-state index >= 15 is 0 Å². The molecule has 0 bridgehead atoms. The number of anilines is 2. The highest BCUT2D eigenvalue weighted by molar-refractivity contribution is 6.35. The molecule has 3 aromatic carbocycles. The van der Waals surface area contributed by atoms with Crippen LogP contribution in [0.3, 0.4) is 0 Å². The lowest BCUT2D eigenvalue weighted by atomic mass is 10.1. The van der Waals surface area contributed by atoms with Gasteiger partial charge < -0.3 is 16.0 Å². The van der Waals surface area contributed by atoms with Gasteiger partial charge in [-0.1, -0.05) is 35.3 Å². The quantitative estimate of drug-likeness (QED) is 0.432. The predicted octanol–water partition coefficient (Wildman–Crippen LogP) is 5.70. The van der Waals surface area contributed by atoms with Crippen LogP contribution in [0, 0.1) is 0 Å². The first kappa shape index (κ1) is 23.3. The number of nitrogens with one attached hydrogen (secondary N) is 3. The lowest BCUT2D eigenvalue weighted by Gasteiger charge is -2.16. The molecule has 6 nitrogen and oxygen atoms in total. The van der Waals surface area contributed by atoms with Crippen molar-refractivity contribution in [1.29, 1.82) is 0 Å². The molecule has 0 radical (unpaired) electrons. The van der Waals surface area contributed by atoms with E-state index in [-0.39, 0.29) is 23.8 Å². The summed E-state index contributed by atoms with van der Waals surface area (Å²) < 4.78 is 0. The molecule has 0 heterocycles. The van der Waals surface area contributed by atoms with Gasteiger partial charge in [-0.05, 0) is 67.1 Å². The summed E-state index contributed by atoms with van der Waals surface area (Å²) >= 11 is 11.9. The van der Waals surface area contributed by atoms with Crippen molar-refractivity contribution in [2.24, 2.45) is 0 Å². The second-order valence-electron chi connectivity index (χ2n) is 7.19. The predicted molar refractivity (Wildman–Crippen MR) is 127 cm³/mol. The van der Waals surface area contributed by atoms with Crippen molar-refractivity contribution in [3.8, 4) is 0 Å². The zero-order valence-corrected chi connectivity index (χ0v) is 18.9. The highest BCUT2D eigenvalue weighted by atomic mass is 35.5. The highest BCUT2D eigenvalue weighted by Gasteiger charge is 2.13. The maximum Gasteiger partial charge on any atom is 0.255 e. The Morgan fingerprint density at radius 2 is 1.41 bits per heavy atom. The summed E-state index contributed by atoms with van der Waals surface area (Å²) in [5, 5.41) is 9.13. The van der Waals surface area contributed by atoms with Gasteiger partial charge in [-0.2, -0.15) is 0 Å². The first-order valence-corrected chi connectivity index (χ1v) is 10.5. The minimum Gasteiger partial charge on any atom is -0.346 e. The number of carbonyl (C=O) groups is 3. The molecule has 3 amide bonds. The molecule has 0 saturated carbocycles. The fraction of sp³-hybridized carbons (Fsp3) is 0.125. The van der Waals surface area contributed by atoms with Crippen LogP contribution in [0.5, 0.6) is 0 Å². The van der Waals surface area contributed by atoms with E-state index in [9.17, 15) is 14.4 Å². The second-order valence-corrected chi connectivity index (χ2v) is 8.06. The Morgan fingerprint density at radius 3 is 2.03 bits per heavy atom. The van der Waals surface area contributed by atoms with Crippen molar-refractivity contribution in [1.82, 2.24) is 5.32 Å². The zero-order chi connectivity index (χ0) is 23.3. The summed E-state index contributed by atoms with van der Waals surface area (Å²) in [5.41, 5.74) is 2.82. The highest BCUT2D eigenvalue weighted by Crippen LogP contribution is 2.21. The number of amides is 3. The number of benzene rings is 3. The monoisotopic (exact) mass is 469 g/mol. The minimum absolute atomic E-state index is 0.163. The standard InChI is InChI=1S/C24H21Cl2N3O3/c1-14(17-4-3-5-22(12-17)28-15(2)30)27-23(31)16-6-8-21(9-7-16)29-24(32)18-10-19(25)13-20(26)11-18/h3-14H,1-2H3,(H,27,31)(H,28,30)(H,29,32). The van der Waals surface area contributed by atoms with Gasteiger partial charge in [0.2, 0.25) is 5.91 Å². The number of carbonyl (C=O) groups excluding carboxylic acids is 3. The third kappa shape index (κ3) is 6.33. The molecule has 164 valence electrons. The number of rotatable bonds is 6. The lowest BCUT2D eigenvalue weighted by molar-refractivity contribution is -0.114. The van der Waals surface area contributed by atoms with Gasteiger partial charge in [0.25, 0.3) is 11.8 Å². The Balaban J connectivity index is 1.63. The first-order valence-electron chi connectivity index (χ1n) is 9.77. The molecule has 0 aliphatic carbocycles. The molecule has 0 spiro atoms. The fourth-order valence-electron chi connectivity index (χ4n) is 3.05. The molecule has 1 unspecified atom stereocenters. The Bertz CT molecular complexity index is 1140. The van der Waals surface area contributed by atoms with Crippen LogP contribution < -0.4 is 16.0 Å². The van der Waals surface area contributed by atoms with Crippen LogP contribution in [-0.4, -0.2) is 17.7 Å². The third-order valence-corrected chi connectivity index (χ3v) is 5.02. The first-order chi connectivity index (χ1) is 15.2. The molecule has 0 saturated heterocycles. The van der Waals surface area contributed by atoms with Crippen LogP contribution >= 0.6 is 23.2 Å². The van der Waals surface area contributed by atoms with E-state index in [1.807, 2.05) is 25.1 Å². The number of hydrogen-bond acceptors (Lipinski definition) is 3. The SMILES string of the molecule is CC(=O)Nc1cccc(C(C)NC(=O)c2ccc(NC(=O)c3cc(Cl)cc(Cl)c3)cc2)c1. The van der Waals surface area contributed by atoms with Crippen molar-refractivity contribution >= 4 is 52.3 Å². The van der Waals surface area contributed by atoms with Crippen molar-refractivity contribution in [3.05, 3.63) is 93.5 Å². The van der Waals surface area contributed by atoms with Crippen LogP contribution in [-0.2, 0) is 4.79 Å². The average Bonchev–Trinajstić information content (AvgIpc) is 2.73. The normalized spacial score (nSPS) is 11.4. The van der Waals surface area contributed by atoms with Crippen LogP contribution in [0.25, 0.3) is 0 Å². The van der Waals surface area contributed by atoms with E-state index in [4.69, 9.17) is 23.2 Å². The summed E-state index contributed by atoms with van der Waals surface area (Å²) in [7, 11) is 0. The molecule has 3 N–H and O–H groups in total. The zero-order valence-electron chi connectivity index (χ0n) is 17.4. The van der Waals surface area contributed by atoms with Crippen molar-refractivity contribution in [2.75, 3.05) is 10.6 Å². The molecule has 32 heavy (non-hydrogen) atoms. The van der Waals surface area contributed by atoms with Gasteiger partial charge in [-0.3, -0.25) is 14.4 Å². The van der Waals surface area contributed by atoms with Crippen LogP contribution in [0.4, 0.5) is 11.4 Å². The van der Waals surface area contributed by atoms with Crippen LogP contribution in [0.1, 0.15) is 46.2 Å². The van der Waals surface area contributed by atoms with E-state index in [2.05, 4.69) is 16.0 Å². The molecular formula is C24H21Cl2N3O3. The van der Waals surface area contributed by atoms with Crippen LogP contribution in [0.15, 0.2) is 66.7 Å². The summed E-state index contributed by atoms with van der Waals surface area (Å²) in [6.07, 6.45) is 0. The molecule has 0 fully saturated rings. The van der Waals surface area contributed by atoms with Gasteiger partial charge in [-0.15, -0.1) is 0 Å². The lowest BCUT2D eigenvalue weighted by Crippen LogP contribution is -2.26. The van der Waals surface area contributed by atoms with Crippen LogP contribution in [0.2, 0.25) is 10.0 Å². The van der Waals surface area contributed by atoms with Gasteiger partial charge in [0.15, 0.2) is 0 Å². The fourth-order valence-corrected chi connectivity index (χ4v) is 3.57. The molecule has 0 aliphatic heterocycles. The van der Waals surface area contributed by atoms with E-state index in [1.165, 1.54) is 19.1 Å². The van der Waals surface area contributed by atoms with Gasteiger partial charge >= 0.3 is 0 Å². The number of halogens is 2.